The predicted octanol–water partition coefficient (Wildman–Crippen LogP) is 3.54. The van der Waals surface area contributed by atoms with Crippen molar-refractivity contribution in [1.29, 1.82) is 0 Å². The normalized spacial score (nSPS) is 27.2. The molecule has 2 aliphatic rings. The smallest absolute Gasteiger partial charge is 0.0236 e. The highest BCUT2D eigenvalue weighted by Crippen LogP contribution is 2.32. The van der Waals surface area contributed by atoms with Crippen molar-refractivity contribution in [3.05, 3.63) is 35.4 Å². The van der Waals surface area contributed by atoms with Gasteiger partial charge in [-0.1, -0.05) is 44.5 Å². The fourth-order valence-corrected chi connectivity index (χ4v) is 4.61. The molecule has 1 heterocycles. The standard InChI is InChI=1S/C21H35N3/c1-3-24(4-2)16-18-10-6-5-9-17(18)15-23-21-12-7-11-19(21)20-13-8-14-22-20/h5-6,9-10,19-23H,3-4,7-8,11-16H2,1-2H3. The van der Waals surface area contributed by atoms with Gasteiger partial charge in [-0.05, 0) is 62.4 Å². The van der Waals surface area contributed by atoms with E-state index in [4.69, 9.17) is 0 Å². The fourth-order valence-electron chi connectivity index (χ4n) is 4.61. The van der Waals surface area contributed by atoms with Gasteiger partial charge in [-0.25, -0.2) is 0 Å². The Labute approximate surface area is 148 Å². The SMILES string of the molecule is CCN(CC)Cc1ccccc1CNC1CCCC1C1CCCN1. The molecule has 24 heavy (non-hydrogen) atoms. The summed E-state index contributed by atoms with van der Waals surface area (Å²) in [5, 5.41) is 7.65. The number of benzene rings is 1. The van der Waals surface area contributed by atoms with Gasteiger partial charge in [0.2, 0.25) is 0 Å². The van der Waals surface area contributed by atoms with Gasteiger partial charge < -0.3 is 10.6 Å². The van der Waals surface area contributed by atoms with Crippen LogP contribution < -0.4 is 10.6 Å². The molecule has 2 N–H and O–H groups in total. The summed E-state index contributed by atoms with van der Waals surface area (Å²) in [7, 11) is 0. The molecule has 1 aliphatic carbocycles. The van der Waals surface area contributed by atoms with Crippen LogP contribution in [-0.4, -0.2) is 36.6 Å². The zero-order chi connectivity index (χ0) is 16.8. The predicted molar refractivity (Wildman–Crippen MR) is 102 cm³/mol. The Bertz CT molecular complexity index is 492. The Kier molecular flexibility index (Phi) is 6.70. The third-order valence-electron chi connectivity index (χ3n) is 6.15. The van der Waals surface area contributed by atoms with Crippen molar-refractivity contribution < 1.29 is 0 Å². The molecule has 0 amide bonds. The van der Waals surface area contributed by atoms with Gasteiger partial charge in [-0.15, -0.1) is 0 Å². The summed E-state index contributed by atoms with van der Waals surface area (Å²) < 4.78 is 0. The van der Waals surface area contributed by atoms with E-state index in [2.05, 4.69) is 53.6 Å². The first kappa shape index (κ1) is 17.9. The highest BCUT2D eigenvalue weighted by molar-refractivity contribution is 5.27. The molecule has 0 aromatic heterocycles. The number of nitrogens with one attached hydrogen (secondary N) is 2. The molecule has 3 rings (SSSR count). The third kappa shape index (κ3) is 4.38. The molecule has 3 unspecified atom stereocenters. The van der Waals surface area contributed by atoms with E-state index in [1.807, 2.05) is 0 Å². The molecule has 1 saturated carbocycles. The minimum absolute atomic E-state index is 0.696. The minimum atomic E-state index is 0.696. The maximum absolute atomic E-state index is 3.92. The molecule has 134 valence electrons. The fraction of sp³-hybridized carbons (Fsp3) is 0.714. The molecule has 3 nitrogen and oxygen atoms in total. The Morgan fingerprint density at radius 1 is 1.04 bits per heavy atom. The zero-order valence-electron chi connectivity index (χ0n) is 15.6. The molecule has 1 aromatic rings. The van der Waals surface area contributed by atoms with Gasteiger partial charge in [0, 0.05) is 25.2 Å². The van der Waals surface area contributed by atoms with Crippen molar-refractivity contribution in [1.82, 2.24) is 15.5 Å². The van der Waals surface area contributed by atoms with Crippen LogP contribution in [0.1, 0.15) is 57.1 Å². The molecule has 3 atom stereocenters. The van der Waals surface area contributed by atoms with Crippen LogP contribution in [0, 0.1) is 5.92 Å². The Morgan fingerprint density at radius 3 is 2.54 bits per heavy atom. The van der Waals surface area contributed by atoms with E-state index in [0.29, 0.717) is 6.04 Å². The first-order chi connectivity index (χ1) is 11.8. The second-order valence-electron chi connectivity index (χ2n) is 7.52. The van der Waals surface area contributed by atoms with Crippen LogP contribution in [0.15, 0.2) is 24.3 Å². The highest BCUT2D eigenvalue weighted by Gasteiger charge is 2.34. The van der Waals surface area contributed by atoms with E-state index in [1.54, 1.807) is 0 Å². The number of hydrogen-bond donors (Lipinski definition) is 2. The summed E-state index contributed by atoms with van der Waals surface area (Å²) >= 11 is 0. The van der Waals surface area contributed by atoms with E-state index in [0.717, 1.165) is 38.1 Å². The van der Waals surface area contributed by atoms with Crippen molar-refractivity contribution in [2.24, 2.45) is 5.92 Å². The second kappa shape index (κ2) is 8.98. The first-order valence-corrected chi connectivity index (χ1v) is 10.1. The van der Waals surface area contributed by atoms with Crippen LogP contribution in [0.4, 0.5) is 0 Å². The highest BCUT2D eigenvalue weighted by atomic mass is 15.1. The van der Waals surface area contributed by atoms with E-state index in [9.17, 15) is 0 Å². The number of hydrogen-bond acceptors (Lipinski definition) is 3. The largest absolute Gasteiger partial charge is 0.314 e. The molecule has 3 heteroatoms. The van der Waals surface area contributed by atoms with E-state index in [-0.39, 0.29) is 0 Å². The maximum Gasteiger partial charge on any atom is 0.0236 e. The minimum Gasteiger partial charge on any atom is -0.314 e. The van der Waals surface area contributed by atoms with E-state index >= 15 is 0 Å². The van der Waals surface area contributed by atoms with Gasteiger partial charge in [0.25, 0.3) is 0 Å². The summed E-state index contributed by atoms with van der Waals surface area (Å²) in [5.41, 5.74) is 2.97. The summed E-state index contributed by atoms with van der Waals surface area (Å²) in [4.78, 5) is 2.50. The molecule has 0 spiro atoms. The lowest BCUT2D eigenvalue weighted by atomic mass is 9.93. The summed E-state index contributed by atoms with van der Waals surface area (Å²) in [6, 6.07) is 10.4. The average Bonchev–Trinajstić information content (AvgIpc) is 3.29. The summed E-state index contributed by atoms with van der Waals surface area (Å²) in [6.45, 7) is 10.1. The molecule has 1 aliphatic heterocycles. The monoisotopic (exact) mass is 329 g/mol. The van der Waals surface area contributed by atoms with Crippen LogP contribution in [0.5, 0.6) is 0 Å². The zero-order valence-corrected chi connectivity index (χ0v) is 15.6. The van der Waals surface area contributed by atoms with Gasteiger partial charge in [0.15, 0.2) is 0 Å². The molecule has 2 fully saturated rings. The number of rotatable bonds is 8. The lowest BCUT2D eigenvalue weighted by Crippen LogP contribution is -2.41. The lowest BCUT2D eigenvalue weighted by molar-refractivity contribution is 0.293. The molecular weight excluding hydrogens is 294 g/mol. The van der Waals surface area contributed by atoms with Gasteiger partial charge in [0.1, 0.15) is 0 Å². The second-order valence-corrected chi connectivity index (χ2v) is 7.52. The topological polar surface area (TPSA) is 27.3 Å². The van der Waals surface area contributed by atoms with Crippen molar-refractivity contribution in [3.63, 3.8) is 0 Å². The maximum atomic E-state index is 3.92. The lowest BCUT2D eigenvalue weighted by Gasteiger charge is -2.27. The molecule has 1 saturated heterocycles. The van der Waals surface area contributed by atoms with Gasteiger partial charge in [-0.3, -0.25) is 4.90 Å². The van der Waals surface area contributed by atoms with Crippen molar-refractivity contribution in [2.45, 2.75) is 71.1 Å². The Morgan fingerprint density at radius 2 is 1.83 bits per heavy atom. The van der Waals surface area contributed by atoms with E-state index < -0.39 is 0 Å². The van der Waals surface area contributed by atoms with Crippen LogP contribution in [0.25, 0.3) is 0 Å². The number of nitrogens with zero attached hydrogens (tertiary/aromatic N) is 1. The van der Waals surface area contributed by atoms with Crippen LogP contribution >= 0.6 is 0 Å². The van der Waals surface area contributed by atoms with Gasteiger partial charge in [-0.2, -0.15) is 0 Å². The van der Waals surface area contributed by atoms with Crippen LogP contribution in [0.2, 0.25) is 0 Å². The van der Waals surface area contributed by atoms with Gasteiger partial charge >= 0.3 is 0 Å². The quantitative estimate of drug-likeness (QED) is 0.764. The van der Waals surface area contributed by atoms with Crippen molar-refractivity contribution in [3.8, 4) is 0 Å². The van der Waals surface area contributed by atoms with Crippen molar-refractivity contribution >= 4 is 0 Å². The van der Waals surface area contributed by atoms with Crippen LogP contribution in [-0.2, 0) is 13.1 Å². The first-order valence-electron chi connectivity index (χ1n) is 10.1. The van der Waals surface area contributed by atoms with Crippen LogP contribution in [0.3, 0.4) is 0 Å². The summed E-state index contributed by atoms with van der Waals surface area (Å²) in [5.74, 6) is 0.836. The Hall–Kier alpha value is -0.900. The third-order valence-corrected chi connectivity index (χ3v) is 6.15. The molecule has 1 aromatic carbocycles. The molecular formula is C21H35N3. The Balaban J connectivity index is 1.59. The van der Waals surface area contributed by atoms with E-state index in [1.165, 1.54) is 49.8 Å². The van der Waals surface area contributed by atoms with Gasteiger partial charge in [0.05, 0.1) is 0 Å². The average molecular weight is 330 g/mol. The molecule has 0 radical (unpaired) electrons. The van der Waals surface area contributed by atoms with Crippen molar-refractivity contribution in [2.75, 3.05) is 19.6 Å². The molecule has 0 bridgehead atoms. The summed E-state index contributed by atoms with van der Waals surface area (Å²) in [6.07, 6.45) is 6.88.